The van der Waals surface area contributed by atoms with Crippen molar-refractivity contribution in [2.75, 3.05) is 13.1 Å². The van der Waals surface area contributed by atoms with E-state index in [2.05, 4.69) is 10.6 Å². The minimum Gasteiger partial charge on any atom is -0.317 e. The summed E-state index contributed by atoms with van der Waals surface area (Å²) >= 11 is 0. The van der Waals surface area contributed by atoms with E-state index < -0.39 is 0 Å². The van der Waals surface area contributed by atoms with Gasteiger partial charge in [-0.05, 0) is 38.1 Å². The summed E-state index contributed by atoms with van der Waals surface area (Å²) in [6, 6.07) is 6.74. The Morgan fingerprint density at radius 2 is 1.35 bits per heavy atom. The Morgan fingerprint density at radius 1 is 0.824 bits per heavy atom. The zero-order valence-electron chi connectivity index (χ0n) is 9.66. The van der Waals surface area contributed by atoms with E-state index in [0.717, 1.165) is 0 Å². The second-order valence-electron chi connectivity index (χ2n) is 4.14. The molecule has 2 aliphatic rings. The first-order valence-corrected chi connectivity index (χ1v) is 5.94. The van der Waals surface area contributed by atoms with Crippen molar-refractivity contribution in [2.45, 2.75) is 19.3 Å². The van der Waals surface area contributed by atoms with Crippen LogP contribution >= 0.6 is 0 Å². The largest absolute Gasteiger partial charge is 0.317 e. The van der Waals surface area contributed by atoms with Gasteiger partial charge in [-0.1, -0.05) is 18.6 Å². The predicted octanol–water partition coefficient (Wildman–Crippen LogP) is 1.33. The molecule has 2 amide bonds. The van der Waals surface area contributed by atoms with E-state index in [0.29, 0.717) is 11.1 Å². The highest BCUT2D eigenvalue weighted by atomic mass is 16.2. The number of nitrogens with one attached hydrogen (secondary N) is 2. The molecule has 0 aliphatic carbocycles. The molecule has 1 aromatic carbocycles. The van der Waals surface area contributed by atoms with Crippen LogP contribution in [0.4, 0.5) is 0 Å². The van der Waals surface area contributed by atoms with Gasteiger partial charge in [0.25, 0.3) is 11.8 Å². The molecule has 17 heavy (non-hydrogen) atoms. The number of amides is 2. The molecule has 2 heterocycles. The molecule has 1 fully saturated rings. The summed E-state index contributed by atoms with van der Waals surface area (Å²) in [5.74, 6) is -0.601. The van der Waals surface area contributed by atoms with E-state index >= 15 is 0 Å². The quantitative estimate of drug-likeness (QED) is 0.663. The first-order valence-electron chi connectivity index (χ1n) is 5.94. The summed E-state index contributed by atoms with van der Waals surface area (Å²) in [7, 11) is 0. The monoisotopic (exact) mass is 232 g/mol. The lowest BCUT2D eigenvalue weighted by atomic mass is 10.1. The smallest absolute Gasteiger partial charge is 0.258 e. The molecular formula is C13H16N2O2. The van der Waals surface area contributed by atoms with Gasteiger partial charge in [0.05, 0.1) is 11.1 Å². The van der Waals surface area contributed by atoms with E-state index in [4.69, 9.17) is 0 Å². The maximum absolute atomic E-state index is 10.9. The maximum atomic E-state index is 10.9. The van der Waals surface area contributed by atoms with Gasteiger partial charge in [0.15, 0.2) is 0 Å². The van der Waals surface area contributed by atoms with Crippen LogP contribution in [0, 0.1) is 0 Å². The first-order chi connectivity index (χ1) is 8.29. The maximum Gasteiger partial charge on any atom is 0.258 e. The van der Waals surface area contributed by atoms with Crippen molar-refractivity contribution in [3.8, 4) is 0 Å². The van der Waals surface area contributed by atoms with Crippen molar-refractivity contribution >= 4 is 11.8 Å². The number of hydrogen-bond donors (Lipinski definition) is 2. The van der Waals surface area contributed by atoms with Gasteiger partial charge in [-0.3, -0.25) is 14.9 Å². The van der Waals surface area contributed by atoms with Gasteiger partial charge >= 0.3 is 0 Å². The number of carbonyl (C=O) groups excluding carboxylic acids is 2. The fourth-order valence-corrected chi connectivity index (χ4v) is 1.92. The van der Waals surface area contributed by atoms with Gasteiger partial charge in [0, 0.05) is 0 Å². The van der Waals surface area contributed by atoms with Crippen molar-refractivity contribution in [3.63, 3.8) is 0 Å². The highest BCUT2D eigenvalue weighted by molar-refractivity contribution is 6.21. The summed E-state index contributed by atoms with van der Waals surface area (Å²) in [5.41, 5.74) is 0.940. The molecule has 0 bridgehead atoms. The number of benzene rings is 1. The van der Waals surface area contributed by atoms with Crippen molar-refractivity contribution in [1.29, 1.82) is 0 Å². The van der Waals surface area contributed by atoms with Crippen LogP contribution in [0.3, 0.4) is 0 Å². The van der Waals surface area contributed by atoms with E-state index in [9.17, 15) is 9.59 Å². The standard InChI is InChI=1S/C8H5NO2.C5H11N/c10-7-5-3-1-2-4-6(5)8(11)9-7;1-2-4-6-5-3-1/h1-4H,(H,9,10,11);6H,1-5H2. The average Bonchev–Trinajstić information content (AvgIpc) is 2.69. The summed E-state index contributed by atoms with van der Waals surface area (Å²) in [6.45, 7) is 2.50. The van der Waals surface area contributed by atoms with Crippen LogP contribution in [0.5, 0.6) is 0 Å². The molecule has 0 aromatic heterocycles. The van der Waals surface area contributed by atoms with Crippen molar-refractivity contribution in [3.05, 3.63) is 35.4 Å². The van der Waals surface area contributed by atoms with Crippen molar-refractivity contribution < 1.29 is 9.59 Å². The van der Waals surface area contributed by atoms with E-state index in [-0.39, 0.29) is 11.8 Å². The number of fused-ring (bicyclic) bond motifs is 1. The molecule has 1 saturated heterocycles. The zero-order valence-corrected chi connectivity index (χ0v) is 9.66. The summed E-state index contributed by atoms with van der Waals surface area (Å²) in [5, 5.41) is 5.49. The molecule has 3 rings (SSSR count). The molecular weight excluding hydrogens is 216 g/mol. The molecule has 0 radical (unpaired) electrons. The second-order valence-corrected chi connectivity index (χ2v) is 4.14. The Kier molecular flexibility index (Phi) is 3.88. The summed E-state index contributed by atoms with van der Waals surface area (Å²) in [6.07, 6.45) is 4.22. The van der Waals surface area contributed by atoms with E-state index in [1.54, 1.807) is 24.3 Å². The number of hydrogen-bond acceptors (Lipinski definition) is 3. The number of imide groups is 1. The minimum absolute atomic E-state index is 0.300. The first kappa shape index (κ1) is 11.8. The average molecular weight is 232 g/mol. The van der Waals surface area contributed by atoms with Crippen LogP contribution in [0.15, 0.2) is 24.3 Å². The highest BCUT2D eigenvalue weighted by Crippen LogP contribution is 2.13. The minimum atomic E-state index is -0.300. The number of rotatable bonds is 0. The van der Waals surface area contributed by atoms with Crippen LogP contribution in [0.25, 0.3) is 0 Å². The van der Waals surface area contributed by atoms with Crippen LogP contribution in [0.1, 0.15) is 40.0 Å². The normalized spacial score (nSPS) is 17.9. The number of piperidine rings is 1. The Hall–Kier alpha value is -1.68. The number of carbonyl (C=O) groups is 2. The molecule has 2 aliphatic heterocycles. The summed E-state index contributed by atoms with van der Waals surface area (Å²) < 4.78 is 0. The third-order valence-electron chi connectivity index (χ3n) is 2.85. The Balaban J connectivity index is 0.000000153. The van der Waals surface area contributed by atoms with Gasteiger partial charge < -0.3 is 5.32 Å². The second kappa shape index (κ2) is 5.59. The Morgan fingerprint density at radius 3 is 1.71 bits per heavy atom. The van der Waals surface area contributed by atoms with Crippen LogP contribution < -0.4 is 10.6 Å². The summed E-state index contributed by atoms with van der Waals surface area (Å²) in [4.78, 5) is 21.9. The lowest BCUT2D eigenvalue weighted by Gasteiger charge is -2.08. The third kappa shape index (κ3) is 2.91. The molecule has 1 aromatic rings. The predicted molar refractivity (Wildman–Crippen MR) is 65.0 cm³/mol. The molecule has 90 valence electrons. The topological polar surface area (TPSA) is 58.2 Å². The molecule has 2 N–H and O–H groups in total. The van der Waals surface area contributed by atoms with E-state index in [1.165, 1.54) is 32.4 Å². The van der Waals surface area contributed by atoms with E-state index in [1.807, 2.05) is 0 Å². The lowest BCUT2D eigenvalue weighted by Crippen LogP contribution is -2.21. The molecule has 0 spiro atoms. The van der Waals surface area contributed by atoms with Crippen LogP contribution in [0.2, 0.25) is 0 Å². The van der Waals surface area contributed by atoms with Gasteiger partial charge in [-0.2, -0.15) is 0 Å². The fraction of sp³-hybridized carbons (Fsp3) is 0.385. The van der Waals surface area contributed by atoms with Crippen LogP contribution in [-0.4, -0.2) is 24.9 Å². The third-order valence-corrected chi connectivity index (χ3v) is 2.85. The molecule has 0 saturated carbocycles. The zero-order chi connectivity index (χ0) is 12.1. The molecule has 4 heteroatoms. The fourth-order valence-electron chi connectivity index (χ4n) is 1.92. The van der Waals surface area contributed by atoms with Gasteiger partial charge in [-0.15, -0.1) is 0 Å². The van der Waals surface area contributed by atoms with Crippen LogP contribution in [-0.2, 0) is 0 Å². The molecule has 0 atom stereocenters. The van der Waals surface area contributed by atoms with Gasteiger partial charge in [-0.25, -0.2) is 0 Å². The Labute approximate surface area is 100 Å². The van der Waals surface area contributed by atoms with Gasteiger partial charge in [0.2, 0.25) is 0 Å². The van der Waals surface area contributed by atoms with Gasteiger partial charge in [0.1, 0.15) is 0 Å². The molecule has 4 nitrogen and oxygen atoms in total. The Bertz CT molecular complexity index is 381. The molecule has 0 unspecified atom stereocenters. The lowest BCUT2D eigenvalue weighted by molar-refractivity contribution is 0.0879. The SMILES string of the molecule is C1CCNCC1.O=C1NC(=O)c2ccccc21. The van der Waals surface area contributed by atoms with Crippen molar-refractivity contribution in [2.24, 2.45) is 0 Å². The van der Waals surface area contributed by atoms with Crippen molar-refractivity contribution in [1.82, 2.24) is 10.6 Å². The highest BCUT2D eigenvalue weighted by Gasteiger charge is 2.25.